The maximum Gasteiger partial charge on any atom is 0.389 e. The molecule has 0 amide bonds. The third-order valence-electron chi connectivity index (χ3n) is 4.08. The number of benzene rings is 3. The van der Waals surface area contributed by atoms with E-state index < -0.39 is 6.61 Å². The lowest BCUT2D eigenvalue weighted by Crippen LogP contribution is -2.05. The number of alkyl halides is 2. The van der Waals surface area contributed by atoms with E-state index in [0.29, 0.717) is 5.52 Å². The molecule has 0 spiro atoms. The minimum Gasteiger partial charge on any atom is -0.401 e. The standard InChI is InChI=1S/C20H14F2N2O/c1-12-9-14-11-23-20(25-19(21)22)24-18(14)17(10-12)16-8-4-6-13-5-2-3-7-15(13)16/h2-11,19H,1H3. The van der Waals surface area contributed by atoms with Crippen molar-refractivity contribution >= 4 is 21.7 Å². The van der Waals surface area contributed by atoms with Gasteiger partial charge in [-0.05, 0) is 41.0 Å². The predicted octanol–water partition coefficient (Wildman–Crippen LogP) is 5.36. The molecule has 1 aromatic heterocycles. The van der Waals surface area contributed by atoms with Crippen molar-refractivity contribution in [3.8, 4) is 17.1 Å². The maximum absolute atomic E-state index is 12.5. The monoisotopic (exact) mass is 336 g/mol. The highest BCUT2D eigenvalue weighted by atomic mass is 19.3. The third kappa shape index (κ3) is 2.89. The Kier molecular flexibility index (Phi) is 3.76. The normalized spacial score (nSPS) is 11.4. The van der Waals surface area contributed by atoms with Crippen LogP contribution >= 0.6 is 0 Å². The predicted molar refractivity (Wildman–Crippen MR) is 93.8 cm³/mol. The van der Waals surface area contributed by atoms with Gasteiger partial charge in [0.15, 0.2) is 0 Å². The van der Waals surface area contributed by atoms with E-state index in [-0.39, 0.29) is 6.01 Å². The second-order valence-corrected chi connectivity index (χ2v) is 5.81. The van der Waals surface area contributed by atoms with Crippen LogP contribution in [0.15, 0.2) is 60.8 Å². The fourth-order valence-electron chi connectivity index (χ4n) is 3.08. The Hall–Kier alpha value is -3.08. The van der Waals surface area contributed by atoms with Gasteiger partial charge in [-0.3, -0.25) is 0 Å². The fourth-order valence-corrected chi connectivity index (χ4v) is 3.08. The fraction of sp³-hybridized carbons (Fsp3) is 0.100. The summed E-state index contributed by atoms with van der Waals surface area (Å²) in [5, 5.41) is 2.96. The minimum atomic E-state index is -2.95. The van der Waals surface area contributed by atoms with Crippen molar-refractivity contribution < 1.29 is 13.5 Å². The van der Waals surface area contributed by atoms with Crippen molar-refractivity contribution in [2.45, 2.75) is 13.5 Å². The lowest BCUT2D eigenvalue weighted by atomic mass is 9.95. The lowest BCUT2D eigenvalue weighted by Gasteiger charge is -2.12. The highest BCUT2D eigenvalue weighted by molar-refractivity contribution is 6.04. The van der Waals surface area contributed by atoms with Gasteiger partial charge in [-0.1, -0.05) is 42.5 Å². The molecule has 0 aliphatic rings. The van der Waals surface area contributed by atoms with E-state index in [1.54, 1.807) is 0 Å². The van der Waals surface area contributed by atoms with Crippen LogP contribution < -0.4 is 4.74 Å². The smallest absolute Gasteiger partial charge is 0.389 e. The van der Waals surface area contributed by atoms with Crippen molar-refractivity contribution in [3.63, 3.8) is 0 Å². The Morgan fingerprint density at radius 1 is 0.920 bits per heavy atom. The van der Waals surface area contributed by atoms with Crippen LogP contribution in [0.3, 0.4) is 0 Å². The first-order chi connectivity index (χ1) is 12.1. The third-order valence-corrected chi connectivity index (χ3v) is 4.08. The topological polar surface area (TPSA) is 35.0 Å². The molecule has 0 saturated carbocycles. The molecule has 0 N–H and O–H groups in total. The van der Waals surface area contributed by atoms with Crippen LogP contribution in [0.5, 0.6) is 6.01 Å². The van der Waals surface area contributed by atoms with Crippen molar-refractivity contribution in [2.24, 2.45) is 0 Å². The summed E-state index contributed by atoms with van der Waals surface area (Å²) in [6.45, 7) is -0.971. The molecule has 0 unspecified atom stereocenters. The summed E-state index contributed by atoms with van der Waals surface area (Å²) in [5.74, 6) is 0. The van der Waals surface area contributed by atoms with Crippen LogP contribution in [-0.4, -0.2) is 16.6 Å². The number of fused-ring (bicyclic) bond motifs is 2. The Bertz CT molecular complexity index is 1070. The molecule has 0 aliphatic heterocycles. The number of halogens is 2. The quantitative estimate of drug-likeness (QED) is 0.505. The van der Waals surface area contributed by atoms with Gasteiger partial charge in [-0.2, -0.15) is 13.8 Å². The molecule has 0 saturated heterocycles. The van der Waals surface area contributed by atoms with Crippen LogP contribution in [0.4, 0.5) is 8.78 Å². The SMILES string of the molecule is Cc1cc(-c2cccc3ccccc23)c2nc(OC(F)F)ncc2c1. The number of rotatable bonds is 3. The van der Waals surface area contributed by atoms with Gasteiger partial charge in [-0.25, -0.2) is 4.98 Å². The van der Waals surface area contributed by atoms with Gasteiger partial charge in [0.05, 0.1) is 5.52 Å². The molecule has 5 heteroatoms. The largest absolute Gasteiger partial charge is 0.401 e. The molecule has 1 heterocycles. The Labute approximate surface area is 142 Å². The van der Waals surface area contributed by atoms with Gasteiger partial charge < -0.3 is 4.74 Å². The van der Waals surface area contributed by atoms with Gasteiger partial charge in [0.25, 0.3) is 0 Å². The molecule has 4 aromatic rings. The summed E-state index contributed by atoms with van der Waals surface area (Å²) in [6, 6.07) is 17.7. The molecule has 25 heavy (non-hydrogen) atoms. The summed E-state index contributed by atoms with van der Waals surface area (Å²) < 4.78 is 29.4. The highest BCUT2D eigenvalue weighted by Gasteiger charge is 2.13. The zero-order valence-corrected chi connectivity index (χ0v) is 13.4. The van der Waals surface area contributed by atoms with Gasteiger partial charge in [0, 0.05) is 17.1 Å². The highest BCUT2D eigenvalue weighted by Crippen LogP contribution is 2.34. The number of ether oxygens (including phenoxy) is 1. The van der Waals surface area contributed by atoms with E-state index in [1.807, 2.05) is 61.5 Å². The average Bonchev–Trinajstić information content (AvgIpc) is 2.60. The Morgan fingerprint density at radius 3 is 2.56 bits per heavy atom. The van der Waals surface area contributed by atoms with E-state index in [4.69, 9.17) is 0 Å². The number of hydrogen-bond donors (Lipinski definition) is 0. The molecule has 0 bridgehead atoms. The van der Waals surface area contributed by atoms with Crippen LogP contribution in [-0.2, 0) is 0 Å². The molecule has 3 aromatic carbocycles. The summed E-state index contributed by atoms with van der Waals surface area (Å²) in [7, 11) is 0. The van der Waals surface area contributed by atoms with E-state index in [1.165, 1.54) is 6.20 Å². The average molecular weight is 336 g/mol. The molecule has 124 valence electrons. The van der Waals surface area contributed by atoms with Gasteiger partial charge >= 0.3 is 12.6 Å². The van der Waals surface area contributed by atoms with Crippen LogP contribution in [0, 0.1) is 6.92 Å². The number of nitrogens with zero attached hydrogens (tertiary/aromatic N) is 2. The Morgan fingerprint density at radius 2 is 1.72 bits per heavy atom. The second kappa shape index (κ2) is 6.09. The first kappa shape index (κ1) is 15.4. The zero-order chi connectivity index (χ0) is 17.4. The van der Waals surface area contributed by atoms with Crippen molar-refractivity contribution in [1.29, 1.82) is 0 Å². The summed E-state index contributed by atoms with van der Waals surface area (Å²) in [5.41, 5.74) is 3.50. The van der Waals surface area contributed by atoms with Crippen LogP contribution in [0.1, 0.15) is 5.56 Å². The summed E-state index contributed by atoms with van der Waals surface area (Å²) in [6.07, 6.45) is 1.52. The molecule has 0 radical (unpaired) electrons. The first-order valence-corrected chi connectivity index (χ1v) is 7.82. The summed E-state index contributed by atoms with van der Waals surface area (Å²) in [4.78, 5) is 8.10. The molecule has 0 fully saturated rings. The van der Waals surface area contributed by atoms with E-state index in [9.17, 15) is 8.78 Å². The van der Waals surface area contributed by atoms with Crippen molar-refractivity contribution in [1.82, 2.24) is 9.97 Å². The molecular formula is C20H14F2N2O. The van der Waals surface area contributed by atoms with Crippen molar-refractivity contribution in [3.05, 3.63) is 66.4 Å². The Balaban J connectivity index is 2.02. The molecule has 3 nitrogen and oxygen atoms in total. The molecular weight excluding hydrogens is 322 g/mol. The van der Waals surface area contributed by atoms with E-state index in [0.717, 1.165) is 32.8 Å². The van der Waals surface area contributed by atoms with Gasteiger partial charge in [0.1, 0.15) is 0 Å². The molecule has 0 atom stereocenters. The van der Waals surface area contributed by atoms with Gasteiger partial charge in [-0.15, -0.1) is 0 Å². The summed E-state index contributed by atoms with van der Waals surface area (Å²) >= 11 is 0. The van der Waals surface area contributed by atoms with E-state index >= 15 is 0 Å². The van der Waals surface area contributed by atoms with Crippen LogP contribution in [0.25, 0.3) is 32.8 Å². The second-order valence-electron chi connectivity index (χ2n) is 5.81. The molecule has 4 rings (SSSR count). The maximum atomic E-state index is 12.5. The number of aryl methyl sites for hydroxylation is 1. The molecule has 0 aliphatic carbocycles. The zero-order valence-electron chi connectivity index (χ0n) is 13.4. The lowest BCUT2D eigenvalue weighted by molar-refractivity contribution is -0.0558. The van der Waals surface area contributed by atoms with E-state index in [2.05, 4.69) is 14.7 Å². The minimum absolute atomic E-state index is 0.326. The van der Waals surface area contributed by atoms with Crippen molar-refractivity contribution in [2.75, 3.05) is 0 Å². The first-order valence-electron chi connectivity index (χ1n) is 7.82. The van der Waals surface area contributed by atoms with Crippen LogP contribution in [0.2, 0.25) is 0 Å². The number of hydrogen-bond acceptors (Lipinski definition) is 3. The number of aromatic nitrogens is 2. The van der Waals surface area contributed by atoms with Gasteiger partial charge in [0.2, 0.25) is 0 Å².